The van der Waals surface area contributed by atoms with Crippen molar-refractivity contribution in [1.29, 1.82) is 0 Å². The minimum atomic E-state index is -0.322. The van der Waals surface area contributed by atoms with Gasteiger partial charge < -0.3 is 20.1 Å². The minimum Gasteiger partial charge on any atom is -0.358 e. The van der Waals surface area contributed by atoms with Gasteiger partial charge in [-0.3, -0.25) is 4.79 Å². The number of nitrogens with one attached hydrogen (secondary N) is 2. The van der Waals surface area contributed by atoms with Crippen LogP contribution in [0.25, 0.3) is 10.9 Å². The van der Waals surface area contributed by atoms with Crippen LogP contribution in [-0.4, -0.2) is 52.9 Å². The summed E-state index contributed by atoms with van der Waals surface area (Å²) in [4.78, 5) is 32.3. The highest BCUT2D eigenvalue weighted by atomic mass is 35.5. The second-order valence-electron chi connectivity index (χ2n) is 7.75. The summed E-state index contributed by atoms with van der Waals surface area (Å²) in [6.45, 7) is 3.96. The van der Waals surface area contributed by atoms with Gasteiger partial charge in [0.15, 0.2) is 0 Å². The van der Waals surface area contributed by atoms with Crippen molar-refractivity contribution in [2.24, 2.45) is 0 Å². The Labute approximate surface area is 185 Å². The number of carbonyl (C=O) groups excluding carboxylic acids is 2. The molecule has 162 valence electrons. The molecule has 0 saturated carbocycles. The molecule has 8 heteroatoms. The van der Waals surface area contributed by atoms with Crippen LogP contribution < -0.4 is 5.32 Å². The average molecular weight is 443 g/mol. The number of aromatic nitrogens is 1. The van der Waals surface area contributed by atoms with E-state index in [0.29, 0.717) is 43.3 Å². The Morgan fingerprint density at radius 1 is 1.06 bits per heavy atom. The van der Waals surface area contributed by atoms with E-state index >= 15 is 0 Å². The van der Waals surface area contributed by atoms with Crippen LogP contribution in [0.2, 0.25) is 5.02 Å². The molecule has 3 amide bonds. The molecule has 1 saturated heterocycles. The number of urea groups is 1. The zero-order valence-corrected chi connectivity index (χ0v) is 18.0. The number of hydrogen-bond acceptors (Lipinski definition) is 2. The van der Waals surface area contributed by atoms with Crippen molar-refractivity contribution in [3.05, 3.63) is 64.6 Å². The van der Waals surface area contributed by atoms with Crippen LogP contribution in [0.3, 0.4) is 0 Å². The van der Waals surface area contributed by atoms with Crippen LogP contribution in [0.15, 0.2) is 42.5 Å². The molecule has 1 aliphatic heterocycles. The van der Waals surface area contributed by atoms with Crippen LogP contribution in [0.5, 0.6) is 0 Å². The summed E-state index contributed by atoms with van der Waals surface area (Å²) in [7, 11) is 0. The van der Waals surface area contributed by atoms with Crippen LogP contribution in [0, 0.1) is 12.7 Å². The second-order valence-corrected chi connectivity index (χ2v) is 8.19. The summed E-state index contributed by atoms with van der Waals surface area (Å²) in [6.07, 6.45) is 0.896. The first-order valence-corrected chi connectivity index (χ1v) is 10.6. The van der Waals surface area contributed by atoms with Gasteiger partial charge in [0, 0.05) is 53.5 Å². The molecule has 3 aromatic rings. The minimum absolute atomic E-state index is 0.0202. The predicted molar refractivity (Wildman–Crippen MR) is 120 cm³/mol. The van der Waals surface area contributed by atoms with E-state index < -0.39 is 0 Å². The molecule has 2 N–H and O–H groups in total. The van der Waals surface area contributed by atoms with E-state index in [-0.39, 0.29) is 24.2 Å². The Hall–Kier alpha value is -3.06. The highest BCUT2D eigenvalue weighted by Crippen LogP contribution is 2.24. The van der Waals surface area contributed by atoms with Gasteiger partial charge in [-0.1, -0.05) is 11.6 Å². The Morgan fingerprint density at radius 3 is 2.55 bits per heavy atom. The number of nitrogens with zero attached hydrogens (tertiary/aromatic N) is 2. The Kier molecular flexibility index (Phi) is 6.13. The molecular formula is C23H24ClFN4O2. The normalized spacial score (nSPS) is 14.5. The lowest BCUT2D eigenvalue weighted by Crippen LogP contribution is -2.39. The number of hydrogen-bond donors (Lipinski definition) is 2. The van der Waals surface area contributed by atoms with Gasteiger partial charge in [-0.15, -0.1) is 0 Å². The van der Waals surface area contributed by atoms with Gasteiger partial charge in [0.1, 0.15) is 5.82 Å². The first-order chi connectivity index (χ1) is 14.9. The number of carbonyl (C=O) groups is 2. The van der Waals surface area contributed by atoms with Crippen LogP contribution in [0.4, 0.5) is 14.9 Å². The van der Waals surface area contributed by atoms with Gasteiger partial charge >= 0.3 is 6.03 Å². The summed E-state index contributed by atoms with van der Waals surface area (Å²) < 4.78 is 13.7. The molecule has 1 aromatic heterocycles. The largest absolute Gasteiger partial charge is 0.358 e. The molecule has 2 heterocycles. The van der Waals surface area contributed by atoms with Crippen molar-refractivity contribution in [2.75, 3.05) is 31.5 Å². The highest BCUT2D eigenvalue weighted by molar-refractivity contribution is 6.30. The van der Waals surface area contributed by atoms with Crippen molar-refractivity contribution in [1.82, 2.24) is 14.8 Å². The van der Waals surface area contributed by atoms with Gasteiger partial charge in [-0.25, -0.2) is 9.18 Å². The fourth-order valence-corrected chi connectivity index (χ4v) is 4.08. The third kappa shape index (κ3) is 4.82. The number of aromatic amines is 1. The van der Waals surface area contributed by atoms with E-state index in [4.69, 9.17) is 11.6 Å². The lowest BCUT2D eigenvalue weighted by molar-refractivity contribution is -0.130. The van der Waals surface area contributed by atoms with E-state index in [1.165, 1.54) is 12.1 Å². The quantitative estimate of drug-likeness (QED) is 0.623. The molecule has 6 nitrogen and oxygen atoms in total. The third-order valence-electron chi connectivity index (χ3n) is 5.64. The van der Waals surface area contributed by atoms with Crippen molar-refractivity contribution in [3.63, 3.8) is 0 Å². The fraction of sp³-hybridized carbons (Fsp3) is 0.304. The molecule has 1 fully saturated rings. The summed E-state index contributed by atoms with van der Waals surface area (Å²) in [5.41, 5.74) is 3.19. The molecule has 0 atom stereocenters. The maximum absolute atomic E-state index is 13.7. The third-order valence-corrected chi connectivity index (χ3v) is 5.89. The van der Waals surface area contributed by atoms with Crippen molar-refractivity contribution < 1.29 is 14.0 Å². The van der Waals surface area contributed by atoms with E-state index in [1.54, 1.807) is 40.1 Å². The van der Waals surface area contributed by atoms with Gasteiger partial charge in [0.2, 0.25) is 5.91 Å². The van der Waals surface area contributed by atoms with E-state index in [9.17, 15) is 14.0 Å². The SMILES string of the molecule is Cc1[nH]c2ccc(F)cc2c1CC(=O)N1CCCN(C(=O)Nc2ccc(Cl)cc2)CC1. The first kappa shape index (κ1) is 21.2. The van der Waals surface area contributed by atoms with Crippen molar-refractivity contribution in [3.8, 4) is 0 Å². The smallest absolute Gasteiger partial charge is 0.321 e. The van der Waals surface area contributed by atoms with Crippen LogP contribution >= 0.6 is 11.6 Å². The van der Waals surface area contributed by atoms with Gasteiger partial charge in [0.25, 0.3) is 0 Å². The maximum atomic E-state index is 13.7. The van der Waals surface area contributed by atoms with Gasteiger partial charge in [-0.05, 0) is 61.4 Å². The number of benzene rings is 2. The van der Waals surface area contributed by atoms with Gasteiger partial charge in [0.05, 0.1) is 6.42 Å². The zero-order valence-electron chi connectivity index (χ0n) is 17.3. The Balaban J connectivity index is 1.39. The van der Waals surface area contributed by atoms with E-state index in [0.717, 1.165) is 22.2 Å². The summed E-state index contributed by atoms with van der Waals surface area (Å²) in [5.74, 6) is -0.342. The molecule has 2 aromatic carbocycles. The van der Waals surface area contributed by atoms with Crippen LogP contribution in [-0.2, 0) is 11.2 Å². The lowest BCUT2D eigenvalue weighted by atomic mass is 10.1. The topological polar surface area (TPSA) is 68.4 Å². The Bertz CT molecular complexity index is 1110. The Morgan fingerprint density at radius 2 is 1.77 bits per heavy atom. The molecule has 0 spiro atoms. The number of anilines is 1. The molecule has 0 radical (unpaired) electrons. The summed E-state index contributed by atoms with van der Waals surface area (Å²) >= 11 is 5.88. The summed E-state index contributed by atoms with van der Waals surface area (Å²) in [5, 5.41) is 4.21. The molecule has 4 rings (SSSR count). The second kappa shape index (κ2) is 8.98. The number of H-pyrrole nitrogens is 1. The number of amides is 3. The average Bonchev–Trinajstić information content (AvgIpc) is 2.92. The van der Waals surface area contributed by atoms with E-state index in [1.807, 2.05) is 6.92 Å². The molecule has 0 unspecified atom stereocenters. The van der Waals surface area contributed by atoms with Gasteiger partial charge in [-0.2, -0.15) is 0 Å². The highest BCUT2D eigenvalue weighted by Gasteiger charge is 2.23. The number of aryl methyl sites for hydroxylation is 1. The maximum Gasteiger partial charge on any atom is 0.321 e. The standard InChI is InChI=1S/C23H24ClFN4O2/c1-15-19(20-13-17(25)5-8-21(20)26-15)14-22(30)28-9-2-10-29(12-11-28)23(31)27-18-6-3-16(24)4-7-18/h3-8,13,26H,2,9-12,14H2,1H3,(H,27,31). The molecular weight excluding hydrogens is 419 g/mol. The summed E-state index contributed by atoms with van der Waals surface area (Å²) in [6, 6.07) is 11.3. The van der Waals surface area contributed by atoms with Crippen molar-refractivity contribution >= 4 is 40.1 Å². The number of halogens is 2. The molecule has 0 bridgehead atoms. The fourth-order valence-electron chi connectivity index (χ4n) is 3.95. The first-order valence-electron chi connectivity index (χ1n) is 10.3. The lowest BCUT2D eigenvalue weighted by Gasteiger charge is -2.22. The number of rotatable bonds is 3. The van der Waals surface area contributed by atoms with Crippen LogP contribution in [0.1, 0.15) is 17.7 Å². The zero-order chi connectivity index (χ0) is 22.0. The molecule has 0 aliphatic carbocycles. The molecule has 1 aliphatic rings. The monoisotopic (exact) mass is 442 g/mol. The number of fused-ring (bicyclic) bond motifs is 1. The van der Waals surface area contributed by atoms with Crippen molar-refractivity contribution in [2.45, 2.75) is 19.8 Å². The molecule has 31 heavy (non-hydrogen) atoms. The van der Waals surface area contributed by atoms with E-state index in [2.05, 4.69) is 10.3 Å². The predicted octanol–water partition coefficient (Wildman–Crippen LogP) is 4.58.